The van der Waals surface area contributed by atoms with E-state index in [-0.39, 0.29) is 5.91 Å². The van der Waals surface area contributed by atoms with Crippen molar-refractivity contribution in [1.82, 2.24) is 15.0 Å². The fourth-order valence-corrected chi connectivity index (χ4v) is 4.21. The van der Waals surface area contributed by atoms with Crippen molar-refractivity contribution in [2.45, 2.75) is 6.54 Å². The van der Waals surface area contributed by atoms with Crippen molar-refractivity contribution in [3.63, 3.8) is 0 Å². The summed E-state index contributed by atoms with van der Waals surface area (Å²) in [7, 11) is 0. The van der Waals surface area contributed by atoms with Crippen molar-refractivity contribution in [3.8, 4) is 11.3 Å². The lowest BCUT2D eigenvalue weighted by molar-refractivity contribution is 0.102. The molecule has 0 atom stereocenters. The normalized spacial score (nSPS) is 10.9. The average molecular weight is 488 g/mol. The molecule has 3 aromatic carbocycles. The van der Waals surface area contributed by atoms with Crippen LogP contribution in [0.15, 0.2) is 85.3 Å². The Hall–Kier alpha value is -3.87. The van der Waals surface area contributed by atoms with Crippen molar-refractivity contribution in [2.75, 3.05) is 10.6 Å². The Morgan fingerprint density at radius 2 is 1.79 bits per heavy atom. The summed E-state index contributed by atoms with van der Waals surface area (Å²) in [6.07, 6.45) is 5.16. The number of halogens is 2. The quantitative estimate of drug-likeness (QED) is 0.246. The highest BCUT2D eigenvalue weighted by atomic mass is 35.5. The Morgan fingerprint density at radius 1 is 0.912 bits per heavy atom. The first kappa shape index (κ1) is 21.9. The maximum atomic E-state index is 13.0. The lowest BCUT2D eigenvalue weighted by atomic mass is 10.0. The number of aromatic amines is 1. The van der Waals surface area contributed by atoms with Crippen LogP contribution in [0.3, 0.4) is 0 Å². The third-order valence-corrected chi connectivity index (χ3v) is 6.03. The molecule has 0 aliphatic heterocycles. The second-order valence-electron chi connectivity index (χ2n) is 7.63. The molecule has 2 heterocycles. The minimum absolute atomic E-state index is 0.310. The van der Waals surface area contributed by atoms with Crippen LogP contribution in [0.4, 0.5) is 11.6 Å². The second kappa shape index (κ2) is 9.55. The fourth-order valence-electron chi connectivity index (χ4n) is 3.72. The van der Waals surface area contributed by atoms with Crippen molar-refractivity contribution in [3.05, 3.63) is 106 Å². The van der Waals surface area contributed by atoms with E-state index in [0.717, 1.165) is 27.6 Å². The predicted octanol–water partition coefficient (Wildman–Crippen LogP) is 6.80. The number of aromatic nitrogens is 3. The highest BCUT2D eigenvalue weighted by Gasteiger charge is 2.14. The van der Waals surface area contributed by atoms with Crippen molar-refractivity contribution >= 4 is 51.5 Å². The maximum Gasteiger partial charge on any atom is 0.257 e. The highest BCUT2D eigenvalue weighted by Crippen LogP contribution is 2.34. The van der Waals surface area contributed by atoms with Gasteiger partial charge in [-0.05, 0) is 47.3 Å². The van der Waals surface area contributed by atoms with Gasteiger partial charge in [0, 0.05) is 41.8 Å². The number of fused-ring (bicyclic) bond motifs is 1. The zero-order valence-corrected chi connectivity index (χ0v) is 19.4. The van der Waals surface area contributed by atoms with E-state index in [4.69, 9.17) is 23.2 Å². The molecule has 0 saturated heterocycles. The van der Waals surface area contributed by atoms with Gasteiger partial charge in [-0.15, -0.1) is 0 Å². The minimum Gasteiger partial charge on any atom is -0.352 e. The van der Waals surface area contributed by atoms with Crippen molar-refractivity contribution < 1.29 is 4.79 Å². The van der Waals surface area contributed by atoms with Crippen LogP contribution in [0.5, 0.6) is 0 Å². The molecule has 6 nitrogen and oxygen atoms in total. The third-order valence-electron chi connectivity index (χ3n) is 5.39. The number of nitrogens with zero attached hydrogens (tertiary/aromatic N) is 2. The summed E-state index contributed by atoms with van der Waals surface area (Å²) in [5.41, 5.74) is 3.39. The lowest BCUT2D eigenvalue weighted by Crippen LogP contribution is -2.13. The summed E-state index contributed by atoms with van der Waals surface area (Å²) in [6, 6.07) is 20.6. The monoisotopic (exact) mass is 487 g/mol. The van der Waals surface area contributed by atoms with Crippen LogP contribution in [0.25, 0.3) is 22.0 Å². The predicted molar refractivity (Wildman–Crippen MR) is 138 cm³/mol. The van der Waals surface area contributed by atoms with Crippen molar-refractivity contribution in [1.29, 1.82) is 0 Å². The highest BCUT2D eigenvalue weighted by molar-refractivity contribution is 6.35. The molecular formula is C26H19Cl2N5O. The fraction of sp³-hybridized carbons (Fsp3) is 0.0385. The van der Waals surface area contributed by atoms with Crippen LogP contribution < -0.4 is 10.6 Å². The van der Waals surface area contributed by atoms with E-state index in [1.54, 1.807) is 42.9 Å². The number of pyridine rings is 1. The molecule has 5 rings (SSSR count). The van der Waals surface area contributed by atoms with Gasteiger partial charge < -0.3 is 15.6 Å². The molecular weight excluding hydrogens is 469 g/mol. The number of anilines is 2. The van der Waals surface area contributed by atoms with E-state index in [1.165, 1.54) is 0 Å². The van der Waals surface area contributed by atoms with Crippen LogP contribution in [-0.4, -0.2) is 20.9 Å². The molecule has 0 spiro atoms. The maximum absolute atomic E-state index is 13.0. The lowest BCUT2D eigenvalue weighted by Gasteiger charge is -2.12. The van der Waals surface area contributed by atoms with E-state index in [9.17, 15) is 4.79 Å². The molecule has 0 aliphatic carbocycles. The summed E-state index contributed by atoms with van der Waals surface area (Å²) in [4.78, 5) is 24.6. The Labute approximate surface area is 206 Å². The van der Waals surface area contributed by atoms with E-state index in [0.29, 0.717) is 33.8 Å². The molecule has 2 aromatic heterocycles. The van der Waals surface area contributed by atoms with Crippen LogP contribution in [0, 0.1) is 0 Å². The Bertz CT molecular complexity index is 1480. The first-order chi connectivity index (χ1) is 16.6. The van der Waals surface area contributed by atoms with E-state index >= 15 is 0 Å². The summed E-state index contributed by atoms with van der Waals surface area (Å²) in [5, 5.41) is 9.03. The number of carbonyl (C=O) groups is 1. The number of carbonyl (C=O) groups excluding carboxylic acids is 1. The van der Waals surface area contributed by atoms with Gasteiger partial charge in [-0.25, -0.2) is 4.98 Å². The van der Waals surface area contributed by atoms with Crippen molar-refractivity contribution in [2.24, 2.45) is 0 Å². The molecule has 0 radical (unpaired) electrons. The number of amides is 1. The van der Waals surface area contributed by atoms with Gasteiger partial charge in [0.2, 0.25) is 0 Å². The number of hydrogen-bond donors (Lipinski definition) is 3. The molecule has 0 saturated carbocycles. The first-order valence-electron chi connectivity index (χ1n) is 10.6. The molecule has 3 N–H and O–H groups in total. The van der Waals surface area contributed by atoms with E-state index in [1.807, 2.05) is 42.5 Å². The number of hydrogen-bond acceptors (Lipinski definition) is 4. The number of imidazole rings is 1. The Balaban J connectivity index is 1.37. The van der Waals surface area contributed by atoms with Crippen LogP contribution in [0.2, 0.25) is 10.0 Å². The SMILES string of the molecule is O=C(Nc1ccc(Cl)c(-c2nccc3ccccc23)c1)c1ccc(CNc2ncc[nH]2)cc1Cl. The van der Waals surface area contributed by atoms with E-state index in [2.05, 4.69) is 25.6 Å². The number of benzene rings is 3. The summed E-state index contributed by atoms with van der Waals surface area (Å²) < 4.78 is 0. The summed E-state index contributed by atoms with van der Waals surface area (Å²) >= 11 is 12.9. The smallest absolute Gasteiger partial charge is 0.257 e. The van der Waals surface area contributed by atoms with Crippen LogP contribution in [-0.2, 0) is 6.54 Å². The molecule has 0 aliphatic rings. The van der Waals surface area contributed by atoms with Gasteiger partial charge in [0.25, 0.3) is 5.91 Å². The third kappa shape index (κ3) is 4.59. The topological polar surface area (TPSA) is 82.7 Å². The number of H-pyrrole nitrogens is 1. The molecule has 0 unspecified atom stereocenters. The summed E-state index contributed by atoms with van der Waals surface area (Å²) in [6.45, 7) is 0.522. The minimum atomic E-state index is -0.310. The molecule has 8 heteroatoms. The molecule has 0 fully saturated rings. The van der Waals surface area contributed by atoms with Crippen LogP contribution in [0.1, 0.15) is 15.9 Å². The van der Waals surface area contributed by atoms with Gasteiger partial charge >= 0.3 is 0 Å². The van der Waals surface area contributed by atoms with Gasteiger partial charge in [-0.1, -0.05) is 53.5 Å². The zero-order valence-electron chi connectivity index (χ0n) is 17.8. The van der Waals surface area contributed by atoms with Gasteiger partial charge in [-0.3, -0.25) is 9.78 Å². The first-order valence-corrected chi connectivity index (χ1v) is 11.3. The van der Waals surface area contributed by atoms with Gasteiger partial charge in [0.05, 0.1) is 21.3 Å². The average Bonchev–Trinajstić information content (AvgIpc) is 3.37. The number of nitrogens with one attached hydrogen (secondary N) is 3. The van der Waals surface area contributed by atoms with Crippen LogP contribution >= 0.6 is 23.2 Å². The molecule has 5 aromatic rings. The van der Waals surface area contributed by atoms with Gasteiger partial charge in [0.1, 0.15) is 0 Å². The zero-order chi connectivity index (χ0) is 23.5. The summed E-state index contributed by atoms with van der Waals surface area (Å²) in [5.74, 6) is 0.354. The Morgan fingerprint density at radius 3 is 2.62 bits per heavy atom. The number of rotatable bonds is 6. The standard InChI is InChI=1S/C26H19Cl2N5O/c27-22-8-6-18(14-21(22)24-19-4-2-1-3-17(19)9-10-29-24)33-25(34)20-7-5-16(13-23(20)28)15-32-26-30-11-12-31-26/h1-14H,15H2,(H,33,34)(H2,30,31,32). The molecule has 34 heavy (non-hydrogen) atoms. The van der Waals surface area contributed by atoms with E-state index < -0.39 is 0 Å². The van der Waals surface area contributed by atoms with Gasteiger partial charge in [-0.2, -0.15) is 0 Å². The largest absolute Gasteiger partial charge is 0.352 e. The molecule has 0 bridgehead atoms. The molecule has 1 amide bonds. The van der Waals surface area contributed by atoms with Gasteiger partial charge in [0.15, 0.2) is 5.95 Å². The Kier molecular flexibility index (Phi) is 6.16. The second-order valence-corrected chi connectivity index (χ2v) is 8.45. The molecule has 168 valence electrons.